The average Bonchev–Trinajstić information content (AvgIpc) is 3.36. The average molecular weight is 583 g/mol. The molecule has 1 amide bonds. The molecule has 43 heavy (non-hydrogen) atoms. The second-order valence-corrected chi connectivity index (χ2v) is 10.5. The molecule has 3 aromatic carbocycles. The number of nitrogens with one attached hydrogen (secondary N) is 1. The van der Waals surface area contributed by atoms with Gasteiger partial charge in [-0.3, -0.25) is 9.59 Å². The summed E-state index contributed by atoms with van der Waals surface area (Å²) in [6.45, 7) is 8.82. The molecule has 4 N–H and O–H groups in total. The van der Waals surface area contributed by atoms with Crippen LogP contribution in [0.15, 0.2) is 84.9 Å². The van der Waals surface area contributed by atoms with E-state index in [-0.39, 0.29) is 18.2 Å². The van der Waals surface area contributed by atoms with Gasteiger partial charge in [-0.05, 0) is 47.5 Å². The van der Waals surface area contributed by atoms with Crippen LogP contribution in [-0.4, -0.2) is 38.7 Å². The minimum absolute atomic E-state index is 0.0216. The topological polar surface area (TPSA) is 112 Å². The third kappa shape index (κ3) is 8.69. The van der Waals surface area contributed by atoms with Crippen molar-refractivity contribution in [2.45, 2.75) is 72.3 Å². The quantitative estimate of drug-likeness (QED) is 0.101. The van der Waals surface area contributed by atoms with Gasteiger partial charge in [-0.25, -0.2) is 0 Å². The zero-order valence-electron chi connectivity index (χ0n) is 25.6. The van der Waals surface area contributed by atoms with Crippen molar-refractivity contribution in [1.82, 2.24) is 4.57 Å². The van der Waals surface area contributed by atoms with Crippen molar-refractivity contribution in [2.24, 2.45) is 0 Å². The fraction of sp³-hybridized carbons (Fsp3) is 0.314. The highest BCUT2D eigenvalue weighted by Gasteiger charge is 2.30. The lowest BCUT2D eigenvalue weighted by molar-refractivity contribution is -0.137. The SMILES string of the molecule is CC.CC(C)c1c(C(=O)Nc2ccccc2)c(-c2ccccc2)c(-c2ccc(B(O)O)cc2)n1CCCCCCC(=O)O. The Balaban J connectivity index is 0.00000248. The number of nitrogens with zero attached hydrogens (tertiary/aromatic N) is 1. The highest BCUT2D eigenvalue weighted by Crippen LogP contribution is 2.42. The van der Waals surface area contributed by atoms with Gasteiger partial charge in [0.1, 0.15) is 0 Å². The molecule has 226 valence electrons. The normalized spacial score (nSPS) is 10.7. The maximum atomic E-state index is 14.1. The maximum Gasteiger partial charge on any atom is 0.488 e. The molecule has 0 aliphatic heterocycles. The van der Waals surface area contributed by atoms with Crippen LogP contribution < -0.4 is 10.8 Å². The molecule has 0 atom stereocenters. The molecule has 0 aliphatic rings. The summed E-state index contributed by atoms with van der Waals surface area (Å²) in [6, 6.07) is 26.4. The lowest BCUT2D eigenvalue weighted by atomic mass is 9.80. The summed E-state index contributed by atoms with van der Waals surface area (Å²) in [6.07, 6.45) is 3.30. The fourth-order valence-corrected chi connectivity index (χ4v) is 5.31. The van der Waals surface area contributed by atoms with Crippen molar-refractivity contribution in [2.75, 3.05) is 5.32 Å². The monoisotopic (exact) mass is 582 g/mol. The van der Waals surface area contributed by atoms with Crippen molar-refractivity contribution >= 4 is 30.1 Å². The van der Waals surface area contributed by atoms with Gasteiger partial charge in [-0.1, -0.05) is 113 Å². The van der Waals surface area contributed by atoms with Crippen LogP contribution in [0.3, 0.4) is 0 Å². The third-order valence-corrected chi connectivity index (χ3v) is 7.18. The fourth-order valence-electron chi connectivity index (χ4n) is 5.31. The molecular formula is C35H43BN2O5. The van der Waals surface area contributed by atoms with Crippen LogP contribution >= 0.6 is 0 Å². The molecule has 4 rings (SSSR count). The number of amides is 1. The minimum Gasteiger partial charge on any atom is -0.481 e. The molecule has 0 saturated heterocycles. The van der Waals surface area contributed by atoms with Crippen LogP contribution in [0, 0.1) is 0 Å². The molecule has 1 heterocycles. The van der Waals surface area contributed by atoms with E-state index in [2.05, 4.69) is 23.7 Å². The van der Waals surface area contributed by atoms with Gasteiger partial charge in [-0.2, -0.15) is 0 Å². The van der Waals surface area contributed by atoms with Gasteiger partial charge in [0, 0.05) is 29.9 Å². The summed E-state index contributed by atoms with van der Waals surface area (Å²) in [5.41, 5.74) is 6.12. The van der Waals surface area contributed by atoms with Crippen LogP contribution in [0.1, 0.15) is 81.8 Å². The van der Waals surface area contributed by atoms with Gasteiger partial charge >= 0.3 is 13.1 Å². The molecule has 0 spiro atoms. The Labute approximate surface area is 255 Å². The van der Waals surface area contributed by atoms with Crippen LogP contribution in [-0.2, 0) is 11.3 Å². The largest absolute Gasteiger partial charge is 0.488 e. The summed E-state index contributed by atoms with van der Waals surface area (Å²) >= 11 is 0. The van der Waals surface area contributed by atoms with Gasteiger partial charge in [0.05, 0.1) is 11.3 Å². The maximum absolute atomic E-state index is 14.1. The predicted molar refractivity (Wildman–Crippen MR) is 176 cm³/mol. The van der Waals surface area contributed by atoms with E-state index in [0.717, 1.165) is 47.3 Å². The molecule has 0 radical (unpaired) electrons. The Morgan fingerprint density at radius 2 is 1.37 bits per heavy atom. The molecule has 8 heteroatoms. The number of carbonyl (C=O) groups excluding carboxylic acids is 1. The van der Waals surface area contributed by atoms with Crippen molar-refractivity contribution in [1.29, 1.82) is 0 Å². The zero-order valence-corrected chi connectivity index (χ0v) is 25.6. The molecule has 7 nitrogen and oxygen atoms in total. The second-order valence-electron chi connectivity index (χ2n) is 10.5. The Bertz CT molecular complexity index is 1450. The molecule has 1 aromatic heterocycles. The van der Waals surface area contributed by atoms with Gasteiger partial charge in [-0.15, -0.1) is 0 Å². The van der Waals surface area contributed by atoms with Crippen LogP contribution in [0.5, 0.6) is 0 Å². The van der Waals surface area contributed by atoms with E-state index in [4.69, 9.17) is 5.11 Å². The molecule has 0 fully saturated rings. The molecule has 0 unspecified atom stereocenters. The smallest absolute Gasteiger partial charge is 0.481 e. The Hall–Kier alpha value is -4.14. The molecule has 0 aliphatic carbocycles. The first-order chi connectivity index (χ1) is 20.8. The van der Waals surface area contributed by atoms with E-state index in [1.54, 1.807) is 12.1 Å². The number of anilines is 1. The molecular weight excluding hydrogens is 539 g/mol. The third-order valence-electron chi connectivity index (χ3n) is 7.18. The predicted octanol–water partition coefficient (Wildman–Crippen LogP) is 6.94. The number of para-hydroxylation sites is 1. The number of hydrogen-bond donors (Lipinski definition) is 4. The lowest BCUT2D eigenvalue weighted by Crippen LogP contribution is -2.29. The summed E-state index contributed by atoms with van der Waals surface area (Å²) in [4.78, 5) is 25.0. The van der Waals surface area contributed by atoms with Gasteiger partial charge in [0.25, 0.3) is 5.91 Å². The summed E-state index contributed by atoms with van der Waals surface area (Å²) in [5, 5.41) is 31.5. The lowest BCUT2D eigenvalue weighted by Gasteiger charge is -2.17. The number of rotatable bonds is 13. The van der Waals surface area contributed by atoms with Crippen molar-refractivity contribution < 1.29 is 24.7 Å². The molecule has 0 saturated carbocycles. The van der Waals surface area contributed by atoms with E-state index in [0.29, 0.717) is 29.7 Å². The van der Waals surface area contributed by atoms with Crippen LogP contribution in [0.25, 0.3) is 22.4 Å². The number of carboxylic acid groups (broad SMARTS) is 1. The van der Waals surface area contributed by atoms with E-state index in [1.807, 2.05) is 86.6 Å². The number of aromatic nitrogens is 1. The number of carbonyl (C=O) groups is 2. The Kier molecular flexibility index (Phi) is 12.8. The van der Waals surface area contributed by atoms with Crippen LogP contribution in [0.2, 0.25) is 0 Å². The van der Waals surface area contributed by atoms with E-state index < -0.39 is 13.1 Å². The standard InChI is InChI=1S/C33H37BN2O5.C2H6/c1-23(2)31-30(33(39)35-27-15-9-6-10-16-27)29(24-13-7-5-8-14-24)32(25-18-20-26(21-19-25)34(40)41)36(31)22-12-4-3-11-17-28(37)38;1-2/h5-10,13-16,18-21,23,40-41H,3-4,11-12,17,22H2,1-2H3,(H,35,39)(H,37,38);1-2H3. The number of unbranched alkanes of at least 4 members (excludes halogenated alkanes) is 3. The van der Waals surface area contributed by atoms with Gasteiger partial charge in [0.2, 0.25) is 0 Å². The first-order valence-electron chi connectivity index (χ1n) is 15.1. The van der Waals surface area contributed by atoms with Gasteiger partial charge < -0.3 is 25.0 Å². The Morgan fingerprint density at radius 1 is 0.791 bits per heavy atom. The van der Waals surface area contributed by atoms with Crippen molar-refractivity contribution in [3.63, 3.8) is 0 Å². The first kappa shape index (κ1) is 33.4. The second kappa shape index (κ2) is 16.5. The molecule has 4 aromatic rings. The molecule has 0 bridgehead atoms. The highest BCUT2D eigenvalue weighted by atomic mass is 16.4. The van der Waals surface area contributed by atoms with E-state index >= 15 is 0 Å². The summed E-state index contributed by atoms with van der Waals surface area (Å²) < 4.78 is 2.23. The first-order valence-corrected chi connectivity index (χ1v) is 15.1. The number of hydrogen-bond acceptors (Lipinski definition) is 4. The van der Waals surface area contributed by atoms with Crippen LogP contribution in [0.4, 0.5) is 5.69 Å². The summed E-state index contributed by atoms with van der Waals surface area (Å²) in [7, 11) is -1.58. The Morgan fingerprint density at radius 3 is 1.93 bits per heavy atom. The number of carboxylic acids is 1. The zero-order chi connectivity index (χ0) is 31.4. The van der Waals surface area contributed by atoms with E-state index in [1.165, 1.54) is 0 Å². The number of aliphatic carboxylic acids is 1. The number of benzene rings is 3. The minimum atomic E-state index is -1.58. The summed E-state index contributed by atoms with van der Waals surface area (Å²) in [5.74, 6) is -0.950. The van der Waals surface area contributed by atoms with Crippen molar-refractivity contribution in [3.05, 3.63) is 96.2 Å². The van der Waals surface area contributed by atoms with E-state index in [9.17, 15) is 19.6 Å². The van der Waals surface area contributed by atoms with Gasteiger partial charge in [0.15, 0.2) is 0 Å². The van der Waals surface area contributed by atoms with Crippen molar-refractivity contribution in [3.8, 4) is 22.4 Å². The highest BCUT2D eigenvalue weighted by molar-refractivity contribution is 6.58.